The Morgan fingerprint density at radius 3 is 2.81 bits per heavy atom. The van der Waals surface area contributed by atoms with Crippen LogP contribution >= 0.6 is 11.6 Å². The van der Waals surface area contributed by atoms with Gasteiger partial charge in [0.25, 0.3) is 11.6 Å². The van der Waals surface area contributed by atoms with E-state index in [9.17, 15) is 14.9 Å². The molecule has 1 N–H and O–H groups in total. The highest BCUT2D eigenvalue weighted by molar-refractivity contribution is 6.35. The van der Waals surface area contributed by atoms with Gasteiger partial charge in [-0.15, -0.1) is 0 Å². The van der Waals surface area contributed by atoms with E-state index in [-0.39, 0.29) is 28.2 Å². The van der Waals surface area contributed by atoms with Crippen LogP contribution in [0.2, 0.25) is 5.02 Å². The molecule has 1 saturated carbocycles. The van der Waals surface area contributed by atoms with Gasteiger partial charge in [0.15, 0.2) is 0 Å². The van der Waals surface area contributed by atoms with E-state index >= 15 is 0 Å². The molecule has 0 aliphatic heterocycles. The first kappa shape index (κ1) is 15.7. The summed E-state index contributed by atoms with van der Waals surface area (Å²) in [6.07, 6.45) is 2.40. The number of amides is 1. The number of nitrogens with zero attached hydrogens (tertiary/aromatic N) is 2. The fourth-order valence-corrected chi connectivity index (χ4v) is 2.44. The van der Waals surface area contributed by atoms with E-state index in [4.69, 9.17) is 11.6 Å². The lowest BCUT2D eigenvalue weighted by atomic mass is 10.2. The minimum absolute atomic E-state index is 0.122. The quantitative estimate of drug-likeness (QED) is 0.647. The van der Waals surface area contributed by atoms with E-state index in [0.717, 1.165) is 0 Å². The smallest absolute Gasteiger partial charge is 0.288 e. The van der Waals surface area contributed by atoms with Crippen LogP contribution in [-0.4, -0.2) is 41.4 Å². The maximum atomic E-state index is 12.1. The number of likely N-dealkylation sites (N-methyl/N-ethyl adjacent to an activating group) is 1. The van der Waals surface area contributed by atoms with Gasteiger partial charge in [-0.2, -0.15) is 0 Å². The number of rotatable bonds is 6. The number of carbonyl (C=O) groups is 1. The molecule has 1 aromatic carbocycles. The van der Waals surface area contributed by atoms with Crippen LogP contribution in [0.25, 0.3) is 0 Å². The van der Waals surface area contributed by atoms with Gasteiger partial charge in [0.1, 0.15) is 5.02 Å². The molecule has 2 rings (SSSR count). The molecule has 1 aliphatic rings. The molecule has 0 bridgehead atoms. The molecule has 0 saturated heterocycles. The molecule has 114 valence electrons. The van der Waals surface area contributed by atoms with Crippen molar-refractivity contribution in [2.75, 3.05) is 13.6 Å². The predicted molar refractivity (Wildman–Crippen MR) is 80.7 cm³/mol. The standard InChI is InChI=1S/C14H18ClN3O3/c1-9(17(2)10-6-7-10)8-16-14(19)11-4-3-5-12(13(11)15)18(20)21/h3-5,9-10H,6-8H2,1-2H3,(H,16,19). The number of nitro benzene ring substituents is 1. The third kappa shape index (κ3) is 3.71. The highest BCUT2D eigenvalue weighted by Gasteiger charge is 2.29. The van der Waals surface area contributed by atoms with Gasteiger partial charge in [-0.1, -0.05) is 17.7 Å². The Bertz CT molecular complexity index is 560. The van der Waals surface area contributed by atoms with E-state index in [1.54, 1.807) is 0 Å². The maximum absolute atomic E-state index is 12.1. The van der Waals surface area contributed by atoms with Crippen LogP contribution in [0.4, 0.5) is 5.69 Å². The normalized spacial score (nSPS) is 15.8. The molecule has 7 heteroatoms. The van der Waals surface area contributed by atoms with Gasteiger partial charge in [-0.3, -0.25) is 19.8 Å². The van der Waals surface area contributed by atoms with Crippen molar-refractivity contribution in [3.8, 4) is 0 Å². The van der Waals surface area contributed by atoms with Crippen molar-refractivity contribution in [1.82, 2.24) is 10.2 Å². The molecule has 0 radical (unpaired) electrons. The van der Waals surface area contributed by atoms with Gasteiger partial charge >= 0.3 is 0 Å². The van der Waals surface area contributed by atoms with Gasteiger partial charge in [0.2, 0.25) is 0 Å². The van der Waals surface area contributed by atoms with Crippen LogP contribution in [0.5, 0.6) is 0 Å². The van der Waals surface area contributed by atoms with Crippen LogP contribution < -0.4 is 5.32 Å². The molecular weight excluding hydrogens is 294 g/mol. The number of hydrogen-bond acceptors (Lipinski definition) is 4. The fourth-order valence-electron chi connectivity index (χ4n) is 2.16. The number of carbonyl (C=O) groups excluding carboxylic acids is 1. The molecule has 0 aromatic heterocycles. The van der Waals surface area contributed by atoms with E-state index in [1.807, 2.05) is 14.0 Å². The number of halogens is 1. The number of benzene rings is 1. The average molecular weight is 312 g/mol. The van der Waals surface area contributed by atoms with Crippen LogP contribution in [-0.2, 0) is 0 Å². The molecule has 1 atom stereocenters. The van der Waals surface area contributed by atoms with Crippen LogP contribution in [0.15, 0.2) is 18.2 Å². The van der Waals surface area contributed by atoms with Crippen molar-refractivity contribution < 1.29 is 9.72 Å². The largest absolute Gasteiger partial charge is 0.350 e. The summed E-state index contributed by atoms with van der Waals surface area (Å²) in [7, 11) is 2.04. The van der Waals surface area contributed by atoms with E-state index in [2.05, 4.69) is 10.2 Å². The molecule has 0 spiro atoms. The van der Waals surface area contributed by atoms with Gasteiger partial charge in [-0.25, -0.2) is 0 Å². The first-order valence-corrected chi connectivity index (χ1v) is 7.22. The molecule has 0 heterocycles. The minimum atomic E-state index is -0.595. The Balaban J connectivity index is 2.00. The molecule has 21 heavy (non-hydrogen) atoms. The lowest BCUT2D eigenvalue weighted by Gasteiger charge is -2.24. The van der Waals surface area contributed by atoms with Gasteiger partial charge in [0, 0.05) is 24.7 Å². The van der Waals surface area contributed by atoms with Crippen LogP contribution in [0.3, 0.4) is 0 Å². The zero-order valence-corrected chi connectivity index (χ0v) is 12.8. The first-order chi connectivity index (χ1) is 9.91. The summed E-state index contributed by atoms with van der Waals surface area (Å²) >= 11 is 5.92. The van der Waals surface area contributed by atoms with Crippen molar-refractivity contribution in [3.05, 3.63) is 38.9 Å². The summed E-state index contributed by atoms with van der Waals surface area (Å²) in [5.74, 6) is -0.389. The van der Waals surface area contributed by atoms with Gasteiger partial charge < -0.3 is 5.32 Å². The molecule has 1 aromatic rings. The zero-order valence-electron chi connectivity index (χ0n) is 12.0. The Morgan fingerprint density at radius 1 is 1.57 bits per heavy atom. The molecule has 6 nitrogen and oxygen atoms in total. The van der Waals surface area contributed by atoms with E-state index in [0.29, 0.717) is 12.6 Å². The molecular formula is C14H18ClN3O3. The SMILES string of the molecule is CC(CNC(=O)c1cccc([N+](=O)[O-])c1Cl)N(C)C1CC1. The van der Waals surface area contributed by atoms with Crippen molar-refractivity contribution in [1.29, 1.82) is 0 Å². The summed E-state index contributed by atoms with van der Waals surface area (Å²) in [4.78, 5) is 24.6. The third-order valence-electron chi connectivity index (χ3n) is 3.80. The zero-order chi connectivity index (χ0) is 15.6. The van der Waals surface area contributed by atoms with Gasteiger partial charge in [0.05, 0.1) is 10.5 Å². The average Bonchev–Trinajstić information content (AvgIpc) is 3.28. The summed E-state index contributed by atoms with van der Waals surface area (Å²) in [5, 5.41) is 13.5. The summed E-state index contributed by atoms with van der Waals surface area (Å²) in [6.45, 7) is 2.51. The Labute approximate surface area is 128 Å². The van der Waals surface area contributed by atoms with Crippen LogP contribution in [0.1, 0.15) is 30.1 Å². The summed E-state index contributed by atoms with van der Waals surface area (Å²) in [6, 6.07) is 5.04. The first-order valence-electron chi connectivity index (χ1n) is 6.85. The fraction of sp³-hybridized carbons (Fsp3) is 0.500. The number of nitro groups is 1. The topological polar surface area (TPSA) is 75.5 Å². The van der Waals surface area contributed by atoms with E-state index < -0.39 is 4.92 Å². The van der Waals surface area contributed by atoms with E-state index in [1.165, 1.54) is 31.0 Å². The molecule has 1 aliphatic carbocycles. The van der Waals surface area contributed by atoms with Gasteiger partial charge in [-0.05, 0) is 32.9 Å². The summed E-state index contributed by atoms with van der Waals surface area (Å²) < 4.78 is 0. The second-order valence-electron chi connectivity index (χ2n) is 5.35. The van der Waals surface area contributed by atoms with Crippen molar-refractivity contribution in [2.24, 2.45) is 0 Å². The Hall–Kier alpha value is -1.66. The molecule has 1 unspecified atom stereocenters. The lowest BCUT2D eigenvalue weighted by Crippen LogP contribution is -2.41. The number of nitrogens with one attached hydrogen (secondary N) is 1. The van der Waals surface area contributed by atoms with Crippen LogP contribution in [0, 0.1) is 10.1 Å². The van der Waals surface area contributed by atoms with Crippen molar-refractivity contribution in [3.63, 3.8) is 0 Å². The highest BCUT2D eigenvalue weighted by Crippen LogP contribution is 2.28. The highest BCUT2D eigenvalue weighted by atomic mass is 35.5. The second-order valence-corrected chi connectivity index (χ2v) is 5.73. The molecule has 1 fully saturated rings. The maximum Gasteiger partial charge on any atom is 0.288 e. The van der Waals surface area contributed by atoms with Crippen molar-refractivity contribution in [2.45, 2.75) is 31.8 Å². The number of hydrogen-bond donors (Lipinski definition) is 1. The molecule has 1 amide bonds. The third-order valence-corrected chi connectivity index (χ3v) is 4.19. The Morgan fingerprint density at radius 2 is 2.24 bits per heavy atom. The summed E-state index contributed by atoms with van der Waals surface area (Å²) in [5.41, 5.74) is -0.125. The monoisotopic (exact) mass is 311 g/mol. The predicted octanol–water partition coefficient (Wildman–Crippen LogP) is 2.46. The minimum Gasteiger partial charge on any atom is -0.350 e. The van der Waals surface area contributed by atoms with Crippen molar-refractivity contribution >= 4 is 23.2 Å². The lowest BCUT2D eigenvalue weighted by molar-refractivity contribution is -0.384. The second kappa shape index (κ2) is 6.41. The Kier molecular flexibility index (Phi) is 4.80.